The first-order valence-corrected chi connectivity index (χ1v) is 10.5. The van der Waals surface area contributed by atoms with Crippen molar-refractivity contribution in [2.45, 2.75) is 13.0 Å². The number of carbonyl (C=O) groups is 2. The third-order valence-corrected chi connectivity index (χ3v) is 5.46. The van der Waals surface area contributed by atoms with Crippen LogP contribution in [0, 0.1) is 0 Å². The number of carbonyl (C=O) groups excluding carboxylic acids is 2. The molecule has 0 saturated carbocycles. The van der Waals surface area contributed by atoms with E-state index in [1.807, 2.05) is 36.5 Å². The van der Waals surface area contributed by atoms with Crippen molar-refractivity contribution >= 4 is 40.3 Å². The minimum Gasteiger partial charge on any atom is -0.490 e. The number of halogens is 1. The van der Waals surface area contributed by atoms with Crippen molar-refractivity contribution < 1.29 is 19.1 Å². The second-order valence-electron chi connectivity index (χ2n) is 7.41. The van der Waals surface area contributed by atoms with Gasteiger partial charge in [0.15, 0.2) is 5.78 Å². The van der Waals surface area contributed by atoms with Gasteiger partial charge in [-0.05, 0) is 42.8 Å². The van der Waals surface area contributed by atoms with Crippen LogP contribution in [-0.2, 0) is 9.53 Å². The Morgan fingerprint density at radius 2 is 2.13 bits per heavy atom. The van der Waals surface area contributed by atoms with Crippen molar-refractivity contribution in [3.05, 3.63) is 70.9 Å². The summed E-state index contributed by atoms with van der Waals surface area (Å²) in [6, 6.07) is 12.9. The maximum atomic E-state index is 12.7. The van der Waals surface area contributed by atoms with Crippen LogP contribution in [0.3, 0.4) is 0 Å². The van der Waals surface area contributed by atoms with Crippen molar-refractivity contribution in [2.24, 2.45) is 0 Å². The van der Waals surface area contributed by atoms with Gasteiger partial charge in [0.25, 0.3) is 0 Å². The molecule has 3 aromatic rings. The highest BCUT2D eigenvalue weighted by molar-refractivity contribution is 6.31. The minimum absolute atomic E-state index is 0.0745. The van der Waals surface area contributed by atoms with Crippen molar-refractivity contribution in [1.29, 1.82) is 0 Å². The largest absolute Gasteiger partial charge is 0.490 e. The summed E-state index contributed by atoms with van der Waals surface area (Å²) in [5.74, 6) is 0.263. The third-order valence-electron chi connectivity index (χ3n) is 5.22. The number of nitrogens with one attached hydrogen (secondary N) is 1. The Morgan fingerprint density at radius 1 is 1.29 bits per heavy atom. The van der Waals surface area contributed by atoms with Gasteiger partial charge in [-0.1, -0.05) is 29.8 Å². The van der Waals surface area contributed by atoms with Crippen LogP contribution in [0.1, 0.15) is 22.8 Å². The first-order valence-electron chi connectivity index (χ1n) is 10.1. The van der Waals surface area contributed by atoms with Crippen LogP contribution in [0.15, 0.2) is 54.7 Å². The Balaban J connectivity index is 1.37. The number of benzene rings is 2. The van der Waals surface area contributed by atoms with E-state index in [1.165, 1.54) is 6.92 Å². The number of ether oxygens (including phenoxy) is 2. The molecular weight excluding hydrogens is 416 g/mol. The number of hydrogen-bond acceptors (Lipinski definition) is 4. The van der Waals surface area contributed by atoms with Gasteiger partial charge in [-0.3, -0.25) is 9.59 Å². The van der Waals surface area contributed by atoms with E-state index in [2.05, 4.69) is 4.98 Å². The number of morpholine rings is 1. The molecule has 0 aliphatic carbocycles. The van der Waals surface area contributed by atoms with Gasteiger partial charge < -0.3 is 19.4 Å². The molecule has 31 heavy (non-hydrogen) atoms. The summed E-state index contributed by atoms with van der Waals surface area (Å²) in [6.07, 6.45) is 5.03. The second kappa shape index (κ2) is 9.37. The molecule has 0 radical (unpaired) electrons. The van der Waals surface area contributed by atoms with Crippen LogP contribution in [-0.4, -0.2) is 54.0 Å². The molecule has 1 unspecified atom stereocenters. The standard InChI is InChI=1S/C24H23ClN2O4/c1-16(28)21-12-18(25)7-8-23(21)31-15-19-14-27(10-11-30-19)24(29)9-6-17-13-26-22-5-3-2-4-20(17)22/h2-9,12-13,19,26H,10-11,14-15H2,1H3. The number of nitrogens with zero attached hydrogens (tertiary/aromatic N) is 1. The predicted octanol–water partition coefficient (Wildman–Crippen LogP) is 4.34. The molecule has 2 heterocycles. The van der Waals surface area contributed by atoms with E-state index in [4.69, 9.17) is 21.1 Å². The number of amides is 1. The number of hydrogen-bond donors (Lipinski definition) is 1. The lowest BCUT2D eigenvalue weighted by Crippen LogP contribution is -2.47. The lowest BCUT2D eigenvalue weighted by Gasteiger charge is -2.32. The molecule has 1 N–H and O–H groups in total. The number of H-pyrrole nitrogens is 1. The Morgan fingerprint density at radius 3 is 2.97 bits per heavy atom. The summed E-state index contributed by atoms with van der Waals surface area (Å²) in [5, 5.41) is 1.55. The van der Waals surface area contributed by atoms with E-state index in [1.54, 1.807) is 29.2 Å². The molecule has 1 fully saturated rings. The van der Waals surface area contributed by atoms with Crippen molar-refractivity contribution in [3.63, 3.8) is 0 Å². The highest BCUT2D eigenvalue weighted by Gasteiger charge is 2.24. The fourth-order valence-corrected chi connectivity index (χ4v) is 3.78. The molecule has 1 amide bonds. The van der Waals surface area contributed by atoms with Gasteiger partial charge in [0.1, 0.15) is 18.5 Å². The Bertz CT molecular complexity index is 1140. The van der Waals surface area contributed by atoms with Gasteiger partial charge in [-0.25, -0.2) is 0 Å². The number of aromatic nitrogens is 1. The summed E-state index contributed by atoms with van der Waals surface area (Å²) in [4.78, 5) is 29.5. The molecule has 7 heteroatoms. The zero-order valence-corrected chi connectivity index (χ0v) is 17.9. The van der Waals surface area contributed by atoms with E-state index in [0.717, 1.165) is 16.5 Å². The monoisotopic (exact) mass is 438 g/mol. The number of fused-ring (bicyclic) bond motifs is 1. The molecule has 1 aromatic heterocycles. The molecule has 1 atom stereocenters. The molecule has 0 spiro atoms. The van der Waals surface area contributed by atoms with Gasteiger partial charge >= 0.3 is 0 Å². The van der Waals surface area contributed by atoms with Crippen LogP contribution in [0.4, 0.5) is 0 Å². The van der Waals surface area contributed by atoms with Crippen molar-refractivity contribution in [2.75, 3.05) is 26.3 Å². The SMILES string of the molecule is CC(=O)c1cc(Cl)ccc1OCC1CN(C(=O)C=Cc2c[nH]c3ccccc23)CCO1. The zero-order valence-electron chi connectivity index (χ0n) is 17.1. The molecule has 0 bridgehead atoms. The summed E-state index contributed by atoms with van der Waals surface area (Å²) >= 11 is 5.98. The van der Waals surface area contributed by atoms with Crippen LogP contribution in [0.5, 0.6) is 5.75 Å². The average Bonchev–Trinajstić information content (AvgIpc) is 3.20. The number of Topliss-reactive ketones (excluding diaryl/α,β-unsaturated/α-hetero) is 1. The summed E-state index contributed by atoms with van der Waals surface area (Å²) in [7, 11) is 0. The van der Waals surface area contributed by atoms with Gasteiger partial charge in [-0.2, -0.15) is 0 Å². The molecule has 160 valence electrons. The van der Waals surface area contributed by atoms with Gasteiger partial charge in [0.2, 0.25) is 5.91 Å². The van der Waals surface area contributed by atoms with E-state index in [9.17, 15) is 9.59 Å². The van der Waals surface area contributed by atoms with Gasteiger partial charge in [0, 0.05) is 34.7 Å². The first kappa shape index (κ1) is 21.2. The number of aromatic amines is 1. The maximum absolute atomic E-state index is 12.7. The molecule has 1 aliphatic rings. The molecule has 1 aliphatic heterocycles. The molecule has 1 saturated heterocycles. The minimum atomic E-state index is -0.283. The average molecular weight is 439 g/mol. The van der Waals surface area contributed by atoms with E-state index < -0.39 is 0 Å². The lowest BCUT2D eigenvalue weighted by molar-refractivity contribution is -0.134. The zero-order chi connectivity index (χ0) is 21.8. The Hall–Kier alpha value is -3.09. The third kappa shape index (κ3) is 4.98. The Labute approximate surface area is 185 Å². The van der Waals surface area contributed by atoms with Crippen molar-refractivity contribution in [1.82, 2.24) is 9.88 Å². The molecule has 2 aromatic carbocycles. The summed E-state index contributed by atoms with van der Waals surface area (Å²) < 4.78 is 11.6. The molecule has 4 rings (SSSR count). The van der Waals surface area contributed by atoms with Gasteiger partial charge in [-0.15, -0.1) is 0 Å². The molecular formula is C24H23ClN2O4. The normalized spacial score (nSPS) is 16.7. The van der Waals surface area contributed by atoms with Crippen molar-refractivity contribution in [3.8, 4) is 5.75 Å². The quantitative estimate of drug-likeness (QED) is 0.459. The van der Waals surface area contributed by atoms with E-state index in [0.29, 0.717) is 36.0 Å². The second-order valence-corrected chi connectivity index (χ2v) is 7.84. The van der Waals surface area contributed by atoms with Gasteiger partial charge in [0.05, 0.1) is 18.7 Å². The predicted molar refractivity (Wildman–Crippen MR) is 121 cm³/mol. The first-order chi connectivity index (χ1) is 15.0. The fraction of sp³-hybridized carbons (Fsp3) is 0.250. The van der Waals surface area contributed by atoms with E-state index in [-0.39, 0.29) is 24.4 Å². The van der Waals surface area contributed by atoms with Crippen LogP contribution >= 0.6 is 11.6 Å². The summed E-state index contributed by atoms with van der Waals surface area (Å²) in [6.45, 7) is 3.07. The van der Waals surface area contributed by atoms with Crippen LogP contribution < -0.4 is 4.74 Å². The molecule has 6 nitrogen and oxygen atoms in total. The number of para-hydroxylation sites is 1. The lowest BCUT2D eigenvalue weighted by atomic mass is 10.1. The van der Waals surface area contributed by atoms with E-state index >= 15 is 0 Å². The smallest absolute Gasteiger partial charge is 0.246 e. The summed E-state index contributed by atoms with van der Waals surface area (Å²) in [5.41, 5.74) is 2.43. The fourth-order valence-electron chi connectivity index (χ4n) is 3.60. The Kier molecular flexibility index (Phi) is 6.39. The highest BCUT2D eigenvalue weighted by Crippen LogP contribution is 2.24. The van der Waals surface area contributed by atoms with Crippen LogP contribution in [0.25, 0.3) is 17.0 Å². The topological polar surface area (TPSA) is 71.6 Å². The number of rotatable bonds is 6. The highest BCUT2D eigenvalue weighted by atomic mass is 35.5. The maximum Gasteiger partial charge on any atom is 0.246 e. The number of ketones is 1. The van der Waals surface area contributed by atoms with Crippen LogP contribution in [0.2, 0.25) is 5.02 Å².